The van der Waals surface area contributed by atoms with Gasteiger partial charge in [-0.15, -0.1) is 0 Å². The van der Waals surface area contributed by atoms with Gasteiger partial charge in [-0.3, -0.25) is 9.69 Å². The Balaban J connectivity index is 1.47. The number of piperazine rings is 1. The Morgan fingerprint density at radius 2 is 1.74 bits per heavy atom. The largest absolute Gasteiger partial charge is 0.369 e. The number of aryl methyl sites for hydroxylation is 1. The minimum Gasteiger partial charge on any atom is -0.369 e. The maximum atomic E-state index is 12.2. The van der Waals surface area contributed by atoms with Crippen LogP contribution in [0.5, 0.6) is 0 Å². The lowest BCUT2D eigenvalue weighted by Gasteiger charge is -2.36. The zero-order valence-electron chi connectivity index (χ0n) is 13.5. The average molecular weight is 309 g/mol. The van der Waals surface area contributed by atoms with Gasteiger partial charge in [0.25, 0.3) is 5.91 Å². The summed E-state index contributed by atoms with van der Waals surface area (Å²) in [6.07, 6.45) is 0. The highest BCUT2D eigenvalue weighted by Gasteiger charge is 2.17. The van der Waals surface area contributed by atoms with Crippen LogP contribution < -0.4 is 10.2 Å². The van der Waals surface area contributed by atoms with Gasteiger partial charge in [-0.05, 0) is 31.2 Å². The molecule has 23 heavy (non-hydrogen) atoms. The van der Waals surface area contributed by atoms with Gasteiger partial charge in [-0.25, -0.2) is 0 Å². The van der Waals surface area contributed by atoms with Crippen LogP contribution in [0.15, 0.2) is 54.6 Å². The fraction of sp³-hybridized carbons (Fsp3) is 0.316. The van der Waals surface area contributed by atoms with Gasteiger partial charge in [0.15, 0.2) is 0 Å². The molecule has 3 rings (SSSR count). The van der Waals surface area contributed by atoms with Crippen molar-refractivity contribution in [3.8, 4) is 0 Å². The van der Waals surface area contributed by atoms with E-state index in [1.807, 2.05) is 37.3 Å². The molecule has 1 amide bonds. The van der Waals surface area contributed by atoms with Crippen molar-refractivity contribution in [2.24, 2.45) is 0 Å². The van der Waals surface area contributed by atoms with Crippen LogP contribution in [-0.2, 0) is 0 Å². The van der Waals surface area contributed by atoms with E-state index in [9.17, 15) is 4.79 Å². The van der Waals surface area contributed by atoms with Crippen molar-refractivity contribution in [1.82, 2.24) is 10.2 Å². The molecule has 0 atom stereocenters. The van der Waals surface area contributed by atoms with Gasteiger partial charge in [-0.2, -0.15) is 0 Å². The van der Waals surface area contributed by atoms with Crippen LogP contribution in [0.1, 0.15) is 15.9 Å². The highest BCUT2D eigenvalue weighted by Crippen LogP contribution is 2.15. The van der Waals surface area contributed by atoms with Gasteiger partial charge < -0.3 is 10.2 Å². The zero-order valence-corrected chi connectivity index (χ0v) is 13.5. The maximum absolute atomic E-state index is 12.2. The predicted molar refractivity (Wildman–Crippen MR) is 93.7 cm³/mol. The number of amides is 1. The highest BCUT2D eigenvalue weighted by molar-refractivity contribution is 5.94. The molecule has 1 saturated heterocycles. The monoisotopic (exact) mass is 309 g/mol. The lowest BCUT2D eigenvalue weighted by atomic mass is 10.1. The Labute approximate surface area is 137 Å². The van der Waals surface area contributed by atoms with Crippen LogP contribution >= 0.6 is 0 Å². The van der Waals surface area contributed by atoms with Gasteiger partial charge in [0.2, 0.25) is 0 Å². The Bertz CT molecular complexity index is 649. The second-order valence-electron chi connectivity index (χ2n) is 5.97. The first-order valence-corrected chi connectivity index (χ1v) is 8.09. The van der Waals surface area contributed by atoms with E-state index in [1.54, 1.807) is 0 Å². The fourth-order valence-corrected chi connectivity index (χ4v) is 2.87. The summed E-state index contributed by atoms with van der Waals surface area (Å²) in [4.78, 5) is 16.8. The molecule has 0 bridgehead atoms. The van der Waals surface area contributed by atoms with Crippen molar-refractivity contribution in [2.75, 3.05) is 37.7 Å². The summed E-state index contributed by atoms with van der Waals surface area (Å²) in [7, 11) is 0. The lowest BCUT2D eigenvalue weighted by molar-refractivity contribution is 0.0920. The quantitative estimate of drug-likeness (QED) is 0.942. The lowest BCUT2D eigenvalue weighted by Crippen LogP contribution is -2.50. The molecule has 0 saturated carbocycles. The van der Waals surface area contributed by atoms with Gasteiger partial charge in [-0.1, -0.05) is 35.9 Å². The van der Waals surface area contributed by atoms with Crippen molar-refractivity contribution in [3.05, 3.63) is 65.7 Å². The number of hydrogen-bond acceptors (Lipinski definition) is 3. The van der Waals surface area contributed by atoms with Crippen LogP contribution in [0.2, 0.25) is 0 Å². The second-order valence-corrected chi connectivity index (χ2v) is 5.97. The van der Waals surface area contributed by atoms with E-state index in [1.165, 1.54) is 5.69 Å². The average Bonchev–Trinajstić information content (AvgIpc) is 2.61. The molecule has 0 aliphatic carbocycles. The number of hydrogen-bond donors (Lipinski definition) is 1. The molecular formula is C19H23N3O. The zero-order chi connectivity index (χ0) is 16.1. The van der Waals surface area contributed by atoms with Crippen molar-refractivity contribution >= 4 is 11.6 Å². The number of benzene rings is 2. The van der Waals surface area contributed by atoms with E-state index in [2.05, 4.69) is 39.4 Å². The Kier molecular flexibility index (Phi) is 4.93. The summed E-state index contributed by atoms with van der Waals surface area (Å²) in [5.41, 5.74) is 3.11. The first kappa shape index (κ1) is 15.6. The van der Waals surface area contributed by atoms with E-state index < -0.39 is 0 Å². The predicted octanol–water partition coefficient (Wildman–Crippen LogP) is 2.50. The minimum absolute atomic E-state index is 0.000751. The van der Waals surface area contributed by atoms with Crippen molar-refractivity contribution in [2.45, 2.75) is 6.92 Å². The molecule has 1 heterocycles. The van der Waals surface area contributed by atoms with Crippen molar-refractivity contribution in [1.29, 1.82) is 0 Å². The van der Waals surface area contributed by atoms with E-state index >= 15 is 0 Å². The first-order valence-electron chi connectivity index (χ1n) is 8.09. The summed E-state index contributed by atoms with van der Waals surface area (Å²) in [5.74, 6) is -0.000751. The van der Waals surface area contributed by atoms with Gasteiger partial charge in [0.1, 0.15) is 0 Å². The van der Waals surface area contributed by atoms with Crippen LogP contribution in [0.3, 0.4) is 0 Å². The SMILES string of the molecule is Cc1cccc(C(=O)NCN2CCN(c3ccccc3)CC2)c1. The fourth-order valence-electron chi connectivity index (χ4n) is 2.87. The third-order valence-corrected chi connectivity index (χ3v) is 4.24. The molecule has 1 aliphatic rings. The number of para-hydroxylation sites is 1. The summed E-state index contributed by atoms with van der Waals surface area (Å²) in [6.45, 7) is 6.51. The van der Waals surface area contributed by atoms with Gasteiger partial charge in [0, 0.05) is 37.4 Å². The molecule has 1 fully saturated rings. The van der Waals surface area contributed by atoms with Gasteiger partial charge in [0.05, 0.1) is 6.67 Å². The van der Waals surface area contributed by atoms with E-state index in [0.29, 0.717) is 6.67 Å². The molecule has 2 aromatic carbocycles. The van der Waals surface area contributed by atoms with Crippen molar-refractivity contribution in [3.63, 3.8) is 0 Å². The van der Waals surface area contributed by atoms with E-state index in [-0.39, 0.29) is 5.91 Å². The molecular weight excluding hydrogens is 286 g/mol. The normalized spacial score (nSPS) is 15.4. The van der Waals surface area contributed by atoms with E-state index in [4.69, 9.17) is 0 Å². The molecule has 4 heteroatoms. The second kappa shape index (κ2) is 7.29. The summed E-state index contributed by atoms with van der Waals surface area (Å²) in [5, 5.41) is 3.02. The maximum Gasteiger partial charge on any atom is 0.252 e. The third-order valence-electron chi connectivity index (χ3n) is 4.24. The smallest absolute Gasteiger partial charge is 0.252 e. The number of nitrogens with zero attached hydrogens (tertiary/aromatic N) is 2. The molecule has 0 aromatic heterocycles. The molecule has 1 aliphatic heterocycles. The number of carbonyl (C=O) groups is 1. The van der Waals surface area contributed by atoms with Crippen LogP contribution in [0, 0.1) is 6.92 Å². The summed E-state index contributed by atoms with van der Waals surface area (Å²) < 4.78 is 0. The topological polar surface area (TPSA) is 35.6 Å². The molecule has 0 unspecified atom stereocenters. The highest BCUT2D eigenvalue weighted by atomic mass is 16.1. The number of carbonyl (C=O) groups excluding carboxylic acids is 1. The molecule has 0 spiro atoms. The van der Waals surface area contributed by atoms with E-state index in [0.717, 1.165) is 37.3 Å². The van der Waals surface area contributed by atoms with Crippen LogP contribution in [0.4, 0.5) is 5.69 Å². The molecule has 2 aromatic rings. The number of nitrogens with one attached hydrogen (secondary N) is 1. The Hall–Kier alpha value is -2.33. The van der Waals surface area contributed by atoms with Crippen LogP contribution in [-0.4, -0.2) is 43.7 Å². The molecule has 0 radical (unpaired) electrons. The minimum atomic E-state index is -0.000751. The summed E-state index contributed by atoms with van der Waals surface area (Å²) >= 11 is 0. The first-order chi connectivity index (χ1) is 11.2. The number of rotatable bonds is 4. The number of anilines is 1. The molecule has 120 valence electrons. The van der Waals surface area contributed by atoms with Crippen LogP contribution in [0.25, 0.3) is 0 Å². The molecule has 1 N–H and O–H groups in total. The van der Waals surface area contributed by atoms with Crippen molar-refractivity contribution < 1.29 is 4.79 Å². The third kappa shape index (κ3) is 4.11. The summed E-state index contributed by atoms with van der Waals surface area (Å²) in [6, 6.07) is 18.2. The van der Waals surface area contributed by atoms with Gasteiger partial charge >= 0.3 is 0 Å². The molecule has 4 nitrogen and oxygen atoms in total. The Morgan fingerprint density at radius 3 is 2.43 bits per heavy atom. The Morgan fingerprint density at radius 1 is 1.00 bits per heavy atom. The standard InChI is InChI=1S/C19H23N3O/c1-16-6-5-7-17(14-16)19(23)20-15-21-10-12-22(13-11-21)18-8-3-2-4-9-18/h2-9,14H,10-13,15H2,1H3,(H,20,23).